The van der Waals surface area contributed by atoms with Gasteiger partial charge in [0.25, 0.3) is 5.91 Å². The van der Waals surface area contributed by atoms with Crippen LogP contribution in [0, 0.1) is 19.8 Å². The summed E-state index contributed by atoms with van der Waals surface area (Å²) < 4.78 is 24.7. The highest BCUT2D eigenvalue weighted by atomic mass is 32.2. The molecular formula is C17H21N3O3S. The van der Waals surface area contributed by atoms with Gasteiger partial charge in [-0.05, 0) is 38.3 Å². The largest absolute Gasteiger partial charge is 0.352 e. The molecule has 1 aromatic heterocycles. The Morgan fingerprint density at radius 1 is 1.29 bits per heavy atom. The molecule has 0 saturated carbocycles. The van der Waals surface area contributed by atoms with Gasteiger partial charge in [-0.15, -0.1) is 0 Å². The van der Waals surface area contributed by atoms with Crippen LogP contribution in [0.4, 0.5) is 0 Å². The molecule has 3 rings (SSSR count). The molecule has 1 aliphatic rings. The highest BCUT2D eigenvalue weighted by Crippen LogP contribution is 2.18. The molecule has 128 valence electrons. The molecule has 7 heteroatoms. The molecule has 0 unspecified atom stereocenters. The number of benzene rings is 1. The minimum atomic E-state index is -2.92. The van der Waals surface area contributed by atoms with E-state index in [0.717, 1.165) is 16.9 Å². The Morgan fingerprint density at radius 2 is 2.00 bits per heavy atom. The van der Waals surface area contributed by atoms with Crippen LogP contribution >= 0.6 is 0 Å². The molecule has 0 radical (unpaired) electrons. The first-order valence-corrected chi connectivity index (χ1v) is 9.78. The maximum atomic E-state index is 12.4. The second kappa shape index (κ2) is 6.39. The number of hydrogen-bond donors (Lipinski definition) is 1. The van der Waals surface area contributed by atoms with Crippen molar-refractivity contribution in [3.05, 3.63) is 47.3 Å². The van der Waals surface area contributed by atoms with E-state index in [0.29, 0.717) is 18.5 Å². The predicted molar refractivity (Wildman–Crippen MR) is 92.1 cm³/mol. The highest BCUT2D eigenvalue weighted by Gasteiger charge is 2.28. The fourth-order valence-electron chi connectivity index (χ4n) is 2.94. The molecule has 1 saturated heterocycles. The van der Waals surface area contributed by atoms with Gasteiger partial charge in [0.1, 0.15) is 0 Å². The molecule has 0 bridgehead atoms. The summed E-state index contributed by atoms with van der Waals surface area (Å²) in [5.41, 5.74) is 3.33. The summed E-state index contributed by atoms with van der Waals surface area (Å²) in [6, 6.07) is 7.91. The van der Waals surface area contributed by atoms with Gasteiger partial charge < -0.3 is 5.32 Å². The Balaban J connectivity index is 1.69. The van der Waals surface area contributed by atoms with Crippen molar-refractivity contribution in [2.24, 2.45) is 5.92 Å². The van der Waals surface area contributed by atoms with Crippen LogP contribution in [0.1, 0.15) is 28.0 Å². The molecule has 24 heavy (non-hydrogen) atoms. The molecule has 0 spiro atoms. The number of nitrogens with zero attached hydrogens (tertiary/aromatic N) is 2. The third-order valence-electron chi connectivity index (χ3n) is 4.41. The van der Waals surface area contributed by atoms with Crippen molar-refractivity contribution >= 4 is 15.7 Å². The van der Waals surface area contributed by atoms with E-state index in [4.69, 9.17) is 0 Å². The van der Waals surface area contributed by atoms with Crippen LogP contribution in [-0.4, -0.2) is 42.2 Å². The van der Waals surface area contributed by atoms with Gasteiger partial charge in [0.05, 0.1) is 34.6 Å². The fourth-order valence-corrected chi connectivity index (χ4v) is 4.81. The maximum Gasteiger partial charge on any atom is 0.254 e. The van der Waals surface area contributed by atoms with E-state index >= 15 is 0 Å². The number of hydrogen-bond acceptors (Lipinski definition) is 4. The monoisotopic (exact) mass is 347 g/mol. The number of amides is 1. The van der Waals surface area contributed by atoms with Crippen LogP contribution in [0.2, 0.25) is 0 Å². The van der Waals surface area contributed by atoms with E-state index in [1.165, 1.54) is 0 Å². The minimum Gasteiger partial charge on any atom is -0.352 e. The number of carbonyl (C=O) groups is 1. The summed E-state index contributed by atoms with van der Waals surface area (Å²) in [6.45, 7) is 4.25. The third kappa shape index (κ3) is 3.51. The summed E-state index contributed by atoms with van der Waals surface area (Å²) in [5, 5.41) is 7.14. The quantitative estimate of drug-likeness (QED) is 0.912. The van der Waals surface area contributed by atoms with Crippen molar-refractivity contribution in [3.8, 4) is 5.69 Å². The fraction of sp³-hybridized carbons (Fsp3) is 0.412. The smallest absolute Gasteiger partial charge is 0.254 e. The maximum absolute atomic E-state index is 12.4. The van der Waals surface area contributed by atoms with Gasteiger partial charge in [0.2, 0.25) is 0 Å². The van der Waals surface area contributed by atoms with Gasteiger partial charge in [0.15, 0.2) is 9.84 Å². The van der Waals surface area contributed by atoms with Crippen LogP contribution < -0.4 is 5.32 Å². The average Bonchev–Trinajstić information content (AvgIpc) is 3.08. The summed E-state index contributed by atoms with van der Waals surface area (Å²) in [7, 11) is -2.92. The Bertz CT molecular complexity index is 854. The number of aromatic nitrogens is 2. The zero-order chi connectivity index (χ0) is 17.3. The van der Waals surface area contributed by atoms with Crippen molar-refractivity contribution < 1.29 is 13.2 Å². The number of carbonyl (C=O) groups excluding carboxylic acids is 1. The van der Waals surface area contributed by atoms with Gasteiger partial charge in [-0.3, -0.25) is 4.79 Å². The summed E-state index contributed by atoms with van der Waals surface area (Å²) in [5.74, 6) is 0.175. The van der Waals surface area contributed by atoms with Gasteiger partial charge in [-0.1, -0.05) is 17.7 Å². The molecule has 1 N–H and O–H groups in total. The minimum absolute atomic E-state index is 0.00593. The summed E-state index contributed by atoms with van der Waals surface area (Å²) in [4.78, 5) is 12.4. The van der Waals surface area contributed by atoms with Crippen molar-refractivity contribution in [2.75, 3.05) is 18.1 Å². The normalized spacial score (nSPS) is 19.3. The van der Waals surface area contributed by atoms with E-state index in [1.54, 1.807) is 10.9 Å². The van der Waals surface area contributed by atoms with E-state index in [9.17, 15) is 13.2 Å². The highest BCUT2D eigenvalue weighted by molar-refractivity contribution is 7.91. The van der Waals surface area contributed by atoms with Crippen molar-refractivity contribution in [1.82, 2.24) is 15.1 Å². The lowest BCUT2D eigenvalue weighted by Gasteiger charge is -2.10. The molecule has 0 aliphatic carbocycles. The van der Waals surface area contributed by atoms with Crippen molar-refractivity contribution in [2.45, 2.75) is 20.3 Å². The molecule has 1 fully saturated rings. The number of aryl methyl sites for hydroxylation is 1. The molecule has 2 aromatic rings. The van der Waals surface area contributed by atoms with Crippen LogP contribution in [0.5, 0.6) is 0 Å². The zero-order valence-electron chi connectivity index (χ0n) is 13.8. The first kappa shape index (κ1) is 16.7. The first-order chi connectivity index (χ1) is 11.4. The van der Waals surface area contributed by atoms with Crippen molar-refractivity contribution in [3.63, 3.8) is 0 Å². The number of nitrogens with one attached hydrogen (secondary N) is 1. The van der Waals surface area contributed by atoms with Crippen LogP contribution in [0.25, 0.3) is 5.69 Å². The first-order valence-electron chi connectivity index (χ1n) is 7.96. The molecule has 1 aromatic carbocycles. The molecule has 6 nitrogen and oxygen atoms in total. The van der Waals surface area contributed by atoms with Crippen LogP contribution in [-0.2, 0) is 9.84 Å². The van der Waals surface area contributed by atoms with Crippen LogP contribution in [0.3, 0.4) is 0 Å². The zero-order valence-corrected chi connectivity index (χ0v) is 14.6. The topological polar surface area (TPSA) is 81.1 Å². The molecule has 1 amide bonds. The lowest BCUT2D eigenvalue weighted by Crippen LogP contribution is -2.30. The number of rotatable bonds is 4. The van der Waals surface area contributed by atoms with Gasteiger partial charge >= 0.3 is 0 Å². The lowest BCUT2D eigenvalue weighted by atomic mass is 10.1. The SMILES string of the molecule is Cc1ccc(-n2ncc(C(=O)NC[C@@H]3CCS(=O)(=O)C3)c2C)cc1. The predicted octanol–water partition coefficient (Wildman–Crippen LogP) is 1.65. The lowest BCUT2D eigenvalue weighted by molar-refractivity contribution is 0.0948. The number of sulfone groups is 1. The average molecular weight is 347 g/mol. The van der Waals surface area contributed by atoms with Gasteiger partial charge in [-0.2, -0.15) is 5.10 Å². The molecule has 1 aliphatic heterocycles. The standard InChI is InChI=1S/C17H21N3O3S/c1-12-3-5-15(6-4-12)20-13(2)16(10-19-20)17(21)18-9-14-7-8-24(22,23)11-14/h3-6,10,14H,7-9,11H2,1-2H3,(H,18,21)/t14-/m0/s1. The molecule has 1 atom stereocenters. The summed E-state index contributed by atoms with van der Waals surface area (Å²) in [6.07, 6.45) is 2.17. The van der Waals surface area contributed by atoms with E-state index in [2.05, 4.69) is 10.4 Å². The van der Waals surface area contributed by atoms with Crippen molar-refractivity contribution in [1.29, 1.82) is 0 Å². The Morgan fingerprint density at radius 3 is 2.62 bits per heavy atom. The van der Waals surface area contributed by atoms with Crippen LogP contribution in [0.15, 0.2) is 30.5 Å². The molecular weight excluding hydrogens is 326 g/mol. The van der Waals surface area contributed by atoms with Gasteiger partial charge in [0, 0.05) is 6.54 Å². The second-order valence-electron chi connectivity index (χ2n) is 6.37. The van der Waals surface area contributed by atoms with E-state index < -0.39 is 9.84 Å². The Kier molecular flexibility index (Phi) is 4.45. The van der Waals surface area contributed by atoms with Gasteiger partial charge in [-0.25, -0.2) is 13.1 Å². The molecule has 2 heterocycles. The third-order valence-corrected chi connectivity index (χ3v) is 6.25. The Labute approximate surface area is 141 Å². The van der Waals surface area contributed by atoms with E-state index in [1.807, 2.05) is 38.1 Å². The van der Waals surface area contributed by atoms with E-state index in [-0.39, 0.29) is 23.3 Å². The summed E-state index contributed by atoms with van der Waals surface area (Å²) >= 11 is 0. The Hall–Kier alpha value is -2.15. The second-order valence-corrected chi connectivity index (χ2v) is 8.60.